The van der Waals surface area contributed by atoms with Gasteiger partial charge in [0.15, 0.2) is 0 Å². The highest BCUT2D eigenvalue weighted by Crippen LogP contribution is 2.15. The standard InChI is InChI=1S/C22H41NO3.Mg.2H/c1-2-3-4-5-6-7-8-9-10-11-12-13-14-15-16-19-22(25)26-23-20-17-18-21(23)24;;;/h2-20H2,1H3;;;. The average molecular weight is 394 g/mol. The number of hydrogen-bond acceptors (Lipinski definition) is 3. The number of amides is 1. The summed E-state index contributed by atoms with van der Waals surface area (Å²) in [4.78, 5) is 28.1. The summed E-state index contributed by atoms with van der Waals surface area (Å²) in [5.41, 5.74) is 0. The van der Waals surface area contributed by atoms with Crippen LogP contribution in [-0.4, -0.2) is 46.5 Å². The molecule has 1 rings (SSSR count). The summed E-state index contributed by atoms with van der Waals surface area (Å²) in [7, 11) is 0. The predicted octanol–water partition coefficient (Wildman–Crippen LogP) is 5.41. The van der Waals surface area contributed by atoms with Crippen molar-refractivity contribution in [3.05, 3.63) is 0 Å². The summed E-state index contributed by atoms with van der Waals surface area (Å²) in [5, 5.41) is 1.23. The Kier molecular flexibility index (Phi) is 18.8. The van der Waals surface area contributed by atoms with Crippen molar-refractivity contribution in [3.8, 4) is 0 Å². The first-order valence-corrected chi connectivity index (χ1v) is 11.2. The van der Waals surface area contributed by atoms with Gasteiger partial charge in [-0.05, 0) is 12.8 Å². The molecule has 0 atom stereocenters. The van der Waals surface area contributed by atoms with E-state index in [0.29, 0.717) is 19.4 Å². The third kappa shape index (κ3) is 15.3. The molecule has 156 valence electrons. The monoisotopic (exact) mass is 393 g/mol. The molecular weight excluding hydrogens is 351 g/mol. The second-order valence-electron chi connectivity index (χ2n) is 7.76. The van der Waals surface area contributed by atoms with Crippen LogP contribution in [0.5, 0.6) is 0 Å². The van der Waals surface area contributed by atoms with Crippen LogP contribution in [-0.2, 0) is 14.4 Å². The van der Waals surface area contributed by atoms with Crippen molar-refractivity contribution in [1.82, 2.24) is 5.06 Å². The van der Waals surface area contributed by atoms with Crippen molar-refractivity contribution in [2.45, 2.75) is 122 Å². The first-order chi connectivity index (χ1) is 12.7. The summed E-state index contributed by atoms with van der Waals surface area (Å²) >= 11 is 0. The molecule has 4 nitrogen and oxygen atoms in total. The molecule has 27 heavy (non-hydrogen) atoms. The van der Waals surface area contributed by atoms with Gasteiger partial charge in [0.25, 0.3) is 5.91 Å². The largest absolute Gasteiger partial charge is 0.338 e. The van der Waals surface area contributed by atoms with Crippen LogP contribution in [0.25, 0.3) is 0 Å². The maximum Gasteiger partial charge on any atom is 0.332 e. The summed E-state index contributed by atoms with van der Waals surface area (Å²) in [6, 6.07) is 0. The van der Waals surface area contributed by atoms with Gasteiger partial charge in [-0.25, -0.2) is 4.79 Å². The number of hydrogen-bond donors (Lipinski definition) is 0. The zero-order valence-corrected chi connectivity index (χ0v) is 17.1. The van der Waals surface area contributed by atoms with E-state index in [1.165, 1.54) is 88.5 Å². The van der Waals surface area contributed by atoms with Gasteiger partial charge >= 0.3 is 29.0 Å². The average Bonchev–Trinajstić information content (AvgIpc) is 3.03. The predicted molar refractivity (Wildman–Crippen MR) is 115 cm³/mol. The lowest BCUT2D eigenvalue weighted by molar-refractivity contribution is -0.192. The van der Waals surface area contributed by atoms with E-state index in [-0.39, 0.29) is 34.9 Å². The number of unbranched alkanes of at least 4 members (excludes halogenated alkanes) is 14. The molecule has 1 fully saturated rings. The Bertz CT molecular complexity index is 377. The quantitative estimate of drug-likeness (QED) is 0.245. The highest BCUT2D eigenvalue weighted by atomic mass is 24.3. The lowest BCUT2D eigenvalue weighted by Gasteiger charge is -2.14. The number of rotatable bonds is 17. The minimum Gasteiger partial charge on any atom is -0.338 e. The lowest BCUT2D eigenvalue weighted by Crippen LogP contribution is -2.28. The van der Waals surface area contributed by atoms with Gasteiger partial charge in [0.2, 0.25) is 0 Å². The first kappa shape index (κ1) is 26.7. The van der Waals surface area contributed by atoms with Crippen LogP contribution in [0.1, 0.15) is 122 Å². The molecule has 1 amide bonds. The third-order valence-corrected chi connectivity index (χ3v) is 5.23. The Labute approximate surface area is 183 Å². The van der Waals surface area contributed by atoms with E-state index in [2.05, 4.69) is 6.92 Å². The number of carbonyl (C=O) groups is 2. The maximum absolute atomic E-state index is 11.7. The van der Waals surface area contributed by atoms with E-state index in [9.17, 15) is 9.59 Å². The Morgan fingerprint density at radius 1 is 0.815 bits per heavy atom. The fraction of sp³-hybridized carbons (Fsp3) is 0.909. The molecule has 1 saturated heterocycles. The molecule has 0 aliphatic carbocycles. The SMILES string of the molecule is CCCCCCCCCCCCCCCCCC(=O)ON1CCCC1=O.[MgH2]. The van der Waals surface area contributed by atoms with Gasteiger partial charge in [0.1, 0.15) is 0 Å². The lowest BCUT2D eigenvalue weighted by atomic mass is 10.0. The summed E-state index contributed by atoms with van der Waals surface area (Å²) in [5.74, 6) is -0.315. The van der Waals surface area contributed by atoms with E-state index in [1.807, 2.05) is 0 Å². The number of carbonyl (C=O) groups excluding carboxylic acids is 2. The highest BCUT2D eigenvalue weighted by molar-refractivity contribution is 5.79. The van der Waals surface area contributed by atoms with E-state index in [4.69, 9.17) is 4.84 Å². The summed E-state index contributed by atoms with van der Waals surface area (Å²) in [6.45, 7) is 2.83. The second kappa shape index (κ2) is 19.0. The van der Waals surface area contributed by atoms with Gasteiger partial charge in [-0.3, -0.25) is 4.79 Å². The Morgan fingerprint density at radius 2 is 1.26 bits per heavy atom. The fourth-order valence-corrected chi connectivity index (χ4v) is 3.53. The molecule has 1 heterocycles. The van der Waals surface area contributed by atoms with E-state index in [0.717, 1.165) is 19.3 Å². The van der Waals surface area contributed by atoms with Gasteiger partial charge in [0.05, 0.1) is 6.54 Å². The minimum absolute atomic E-state index is 0. The van der Waals surface area contributed by atoms with E-state index >= 15 is 0 Å². The highest BCUT2D eigenvalue weighted by Gasteiger charge is 2.23. The summed E-state index contributed by atoms with van der Waals surface area (Å²) < 4.78 is 0. The first-order valence-electron chi connectivity index (χ1n) is 11.2. The summed E-state index contributed by atoms with van der Waals surface area (Å²) in [6.07, 6.45) is 21.5. The van der Waals surface area contributed by atoms with Gasteiger partial charge < -0.3 is 4.84 Å². The van der Waals surface area contributed by atoms with Crippen LogP contribution >= 0.6 is 0 Å². The zero-order chi connectivity index (χ0) is 18.9. The van der Waals surface area contributed by atoms with Crippen molar-refractivity contribution in [3.63, 3.8) is 0 Å². The molecule has 0 spiro atoms. The maximum atomic E-state index is 11.7. The van der Waals surface area contributed by atoms with Crippen molar-refractivity contribution in [1.29, 1.82) is 0 Å². The molecule has 0 aromatic heterocycles. The molecule has 0 radical (unpaired) electrons. The van der Waals surface area contributed by atoms with Crippen LogP contribution in [0.15, 0.2) is 0 Å². The number of hydroxylamine groups is 2. The van der Waals surface area contributed by atoms with Crippen molar-refractivity contribution < 1.29 is 14.4 Å². The molecular formula is C22H43MgNO3. The van der Waals surface area contributed by atoms with Crippen molar-refractivity contribution >= 4 is 34.9 Å². The van der Waals surface area contributed by atoms with E-state index in [1.54, 1.807) is 0 Å². The molecule has 1 aliphatic rings. The van der Waals surface area contributed by atoms with Crippen LogP contribution in [0.3, 0.4) is 0 Å². The third-order valence-electron chi connectivity index (χ3n) is 5.23. The molecule has 0 aromatic carbocycles. The van der Waals surface area contributed by atoms with Crippen LogP contribution < -0.4 is 0 Å². The number of nitrogens with zero attached hydrogens (tertiary/aromatic N) is 1. The smallest absolute Gasteiger partial charge is 0.332 e. The topological polar surface area (TPSA) is 46.6 Å². The normalized spacial score (nSPS) is 13.7. The fourth-order valence-electron chi connectivity index (χ4n) is 3.53. The molecule has 5 heteroatoms. The molecule has 0 N–H and O–H groups in total. The molecule has 0 bridgehead atoms. The minimum atomic E-state index is -0.255. The molecule has 1 aliphatic heterocycles. The van der Waals surface area contributed by atoms with Gasteiger partial charge in [-0.15, -0.1) is 0 Å². The van der Waals surface area contributed by atoms with Crippen LogP contribution in [0, 0.1) is 0 Å². The molecule has 0 saturated carbocycles. The van der Waals surface area contributed by atoms with E-state index < -0.39 is 0 Å². The van der Waals surface area contributed by atoms with Gasteiger partial charge in [-0.2, -0.15) is 5.06 Å². The van der Waals surface area contributed by atoms with Gasteiger partial charge in [-0.1, -0.05) is 96.8 Å². The van der Waals surface area contributed by atoms with Crippen molar-refractivity contribution in [2.75, 3.05) is 6.54 Å². The van der Waals surface area contributed by atoms with Crippen LogP contribution in [0.2, 0.25) is 0 Å². The molecule has 0 aromatic rings. The Hall–Kier alpha value is -0.294. The Balaban J connectivity index is 0.00000676. The van der Waals surface area contributed by atoms with Gasteiger partial charge in [0, 0.05) is 12.8 Å². The molecule has 0 unspecified atom stereocenters. The van der Waals surface area contributed by atoms with Crippen molar-refractivity contribution in [2.24, 2.45) is 0 Å². The zero-order valence-electron chi connectivity index (χ0n) is 17.1. The second-order valence-corrected chi connectivity index (χ2v) is 7.76. The van der Waals surface area contributed by atoms with Crippen LogP contribution in [0.4, 0.5) is 0 Å². The Morgan fingerprint density at radius 3 is 1.67 bits per heavy atom.